The van der Waals surface area contributed by atoms with Gasteiger partial charge in [0.1, 0.15) is 0 Å². The highest BCUT2D eigenvalue weighted by atomic mass is 35.5. The highest BCUT2D eigenvalue weighted by molar-refractivity contribution is 5.85. The first kappa shape index (κ1) is 13.4. The summed E-state index contributed by atoms with van der Waals surface area (Å²) in [4.78, 5) is 1.92. The summed E-state index contributed by atoms with van der Waals surface area (Å²) in [6.45, 7) is 1.96. The summed E-state index contributed by atoms with van der Waals surface area (Å²) < 4.78 is 0. The van der Waals surface area contributed by atoms with Crippen molar-refractivity contribution in [2.75, 3.05) is 13.1 Å². The quantitative estimate of drug-likeness (QED) is 0.456. The molecule has 0 atom stereocenters. The van der Waals surface area contributed by atoms with Crippen LogP contribution in [0.1, 0.15) is 19.3 Å². The molecule has 0 saturated carbocycles. The second kappa shape index (κ2) is 6.55. The second-order valence-corrected chi connectivity index (χ2v) is 2.43. The van der Waals surface area contributed by atoms with E-state index in [0.717, 1.165) is 13.1 Å². The predicted molar refractivity (Wildman–Crippen MR) is 51.8 cm³/mol. The third kappa shape index (κ3) is 4.32. The number of nitrogens with one attached hydrogen (secondary N) is 1. The van der Waals surface area contributed by atoms with Crippen LogP contribution in [0.2, 0.25) is 0 Å². The average molecular weight is 200 g/mol. The predicted octanol–water partition coefficient (Wildman–Crippen LogP) is 1.21. The SMILES string of the molecule is Cl.Cl.N=C(N)N1CCCCC1. The highest BCUT2D eigenvalue weighted by Gasteiger charge is 2.09. The molecule has 5 heteroatoms. The van der Waals surface area contributed by atoms with Gasteiger partial charge in [-0.3, -0.25) is 5.41 Å². The lowest BCUT2D eigenvalue weighted by atomic mass is 10.1. The molecule has 0 unspecified atom stereocenters. The molecule has 1 heterocycles. The van der Waals surface area contributed by atoms with Crippen molar-refractivity contribution in [1.82, 2.24) is 4.90 Å². The third-order valence-corrected chi connectivity index (χ3v) is 1.70. The van der Waals surface area contributed by atoms with Gasteiger partial charge in [0.2, 0.25) is 0 Å². The van der Waals surface area contributed by atoms with Gasteiger partial charge in [-0.05, 0) is 19.3 Å². The van der Waals surface area contributed by atoms with E-state index in [1.165, 1.54) is 19.3 Å². The van der Waals surface area contributed by atoms with Crippen molar-refractivity contribution in [3.63, 3.8) is 0 Å². The Balaban J connectivity index is 0. The first-order valence-corrected chi connectivity index (χ1v) is 3.39. The minimum atomic E-state index is 0. The summed E-state index contributed by atoms with van der Waals surface area (Å²) in [5.74, 6) is 0.231. The zero-order chi connectivity index (χ0) is 6.69. The monoisotopic (exact) mass is 199 g/mol. The van der Waals surface area contributed by atoms with Crippen LogP contribution >= 0.6 is 24.8 Å². The van der Waals surface area contributed by atoms with E-state index in [2.05, 4.69) is 0 Å². The summed E-state index contributed by atoms with van der Waals surface area (Å²) in [5, 5.41) is 7.09. The molecule has 1 saturated heterocycles. The molecule has 0 bridgehead atoms. The fraction of sp³-hybridized carbons (Fsp3) is 0.833. The van der Waals surface area contributed by atoms with Gasteiger partial charge in [-0.2, -0.15) is 0 Å². The standard InChI is InChI=1S/C6H13N3.2ClH/c7-6(8)9-4-2-1-3-5-9;;/h1-5H2,(H3,7,8);2*1H. The Morgan fingerprint density at radius 1 is 1.09 bits per heavy atom. The van der Waals surface area contributed by atoms with Crippen LogP contribution in [0.3, 0.4) is 0 Å². The largest absolute Gasteiger partial charge is 0.370 e. The van der Waals surface area contributed by atoms with Gasteiger partial charge in [0, 0.05) is 13.1 Å². The van der Waals surface area contributed by atoms with Crippen molar-refractivity contribution >= 4 is 30.8 Å². The van der Waals surface area contributed by atoms with E-state index in [-0.39, 0.29) is 30.8 Å². The van der Waals surface area contributed by atoms with Crippen LogP contribution in [-0.2, 0) is 0 Å². The molecule has 1 rings (SSSR count). The molecule has 0 spiro atoms. The molecule has 0 aromatic rings. The number of nitrogens with two attached hydrogens (primary N) is 1. The molecule has 0 aromatic carbocycles. The van der Waals surface area contributed by atoms with Gasteiger partial charge in [-0.25, -0.2) is 0 Å². The number of halogens is 2. The molecule has 0 radical (unpaired) electrons. The number of rotatable bonds is 0. The van der Waals surface area contributed by atoms with Crippen LogP contribution < -0.4 is 5.73 Å². The molecule has 0 aliphatic carbocycles. The van der Waals surface area contributed by atoms with Crippen LogP contribution in [0.4, 0.5) is 0 Å². The van der Waals surface area contributed by atoms with Gasteiger partial charge >= 0.3 is 0 Å². The third-order valence-electron chi connectivity index (χ3n) is 1.70. The number of guanidine groups is 1. The van der Waals surface area contributed by atoms with E-state index in [9.17, 15) is 0 Å². The van der Waals surface area contributed by atoms with E-state index in [4.69, 9.17) is 11.1 Å². The molecule has 1 aliphatic heterocycles. The molecule has 0 aromatic heterocycles. The maximum atomic E-state index is 7.09. The van der Waals surface area contributed by atoms with Gasteiger partial charge in [-0.15, -0.1) is 24.8 Å². The highest BCUT2D eigenvalue weighted by Crippen LogP contribution is 2.06. The summed E-state index contributed by atoms with van der Waals surface area (Å²) in [6, 6.07) is 0. The zero-order valence-corrected chi connectivity index (χ0v) is 8.01. The molecule has 68 valence electrons. The molecular formula is C6H15Cl2N3. The van der Waals surface area contributed by atoms with Crippen LogP contribution in [0, 0.1) is 5.41 Å². The molecule has 1 aliphatic rings. The van der Waals surface area contributed by atoms with Gasteiger partial charge in [0.05, 0.1) is 0 Å². The Kier molecular flexibility index (Phi) is 8.01. The molecule has 1 fully saturated rings. The number of nitrogens with zero attached hydrogens (tertiary/aromatic N) is 1. The average Bonchev–Trinajstić information content (AvgIpc) is 1.90. The molecule has 0 amide bonds. The van der Waals surface area contributed by atoms with E-state index >= 15 is 0 Å². The van der Waals surface area contributed by atoms with E-state index in [0.29, 0.717) is 0 Å². The lowest BCUT2D eigenvalue weighted by Gasteiger charge is -2.26. The van der Waals surface area contributed by atoms with Crippen molar-refractivity contribution in [3.05, 3.63) is 0 Å². The fourth-order valence-electron chi connectivity index (χ4n) is 1.13. The molecule has 11 heavy (non-hydrogen) atoms. The second-order valence-electron chi connectivity index (χ2n) is 2.43. The lowest BCUT2D eigenvalue weighted by Crippen LogP contribution is -2.39. The maximum Gasteiger partial charge on any atom is 0.188 e. The van der Waals surface area contributed by atoms with Crippen molar-refractivity contribution in [3.8, 4) is 0 Å². The van der Waals surface area contributed by atoms with Gasteiger partial charge < -0.3 is 10.6 Å². The van der Waals surface area contributed by atoms with Crippen LogP contribution in [0.15, 0.2) is 0 Å². The number of likely N-dealkylation sites (tertiary alicyclic amines) is 1. The number of hydrogen-bond donors (Lipinski definition) is 2. The summed E-state index contributed by atoms with van der Waals surface area (Å²) in [6.07, 6.45) is 3.68. The number of piperidine rings is 1. The number of hydrogen-bond acceptors (Lipinski definition) is 1. The molecule has 3 N–H and O–H groups in total. The van der Waals surface area contributed by atoms with Crippen LogP contribution in [0.25, 0.3) is 0 Å². The van der Waals surface area contributed by atoms with E-state index in [1.807, 2.05) is 4.90 Å². The Morgan fingerprint density at radius 2 is 1.55 bits per heavy atom. The minimum absolute atomic E-state index is 0. The Morgan fingerprint density at radius 3 is 1.82 bits per heavy atom. The Bertz CT molecular complexity index is 112. The first-order valence-electron chi connectivity index (χ1n) is 3.39. The van der Waals surface area contributed by atoms with Crippen molar-refractivity contribution in [1.29, 1.82) is 5.41 Å². The van der Waals surface area contributed by atoms with Crippen LogP contribution in [0.5, 0.6) is 0 Å². The van der Waals surface area contributed by atoms with Crippen molar-refractivity contribution < 1.29 is 0 Å². The summed E-state index contributed by atoms with van der Waals surface area (Å²) in [5.41, 5.74) is 5.28. The van der Waals surface area contributed by atoms with E-state index < -0.39 is 0 Å². The topological polar surface area (TPSA) is 53.1 Å². The maximum absolute atomic E-state index is 7.09. The minimum Gasteiger partial charge on any atom is -0.370 e. The fourth-order valence-corrected chi connectivity index (χ4v) is 1.13. The summed E-state index contributed by atoms with van der Waals surface area (Å²) in [7, 11) is 0. The molecule has 3 nitrogen and oxygen atoms in total. The van der Waals surface area contributed by atoms with Gasteiger partial charge in [0.15, 0.2) is 5.96 Å². The smallest absolute Gasteiger partial charge is 0.188 e. The molecular weight excluding hydrogens is 185 g/mol. The van der Waals surface area contributed by atoms with Crippen LogP contribution in [-0.4, -0.2) is 23.9 Å². The Labute approximate surface area is 79.6 Å². The van der Waals surface area contributed by atoms with Gasteiger partial charge in [0.25, 0.3) is 0 Å². The Hall–Kier alpha value is -0.150. The zero-order valence-electron chi connectivity index (χ0n) is 6.38. The van der Waals surface area contributed by atoms with E-state index in [1.54, 1.807) is 0 Å². The first-order chi connectivity index (χ1) is 4.30. The van der Waals surface area contributed by atoms with Crippen molar-refractivity contribution in [2.24, 2.45) is 5.73 Å². The normalized spacial score (nSPS) is 16.2. The van der Waals surface area contributed by atoms with Gasteiger partial charge in [-0.1, -0.05) is 0 Å². The lowest BCUT2D eigenvalue weighted by molar-refractivity contribution is 0.337. The van der Waals surface area contributed by atoms with Crippen molar-refractivity contribution in [2.45, 2.75) is 19.3 Å². The summed E-state index contributed by atoms with van der Waals surface area (Å²) >= 11 is 0.